The van der Waals surface area contributed by atoms with Gasteiger partial charge in [-0.1, -0.05) is 51.1 Å². The number of piperazine rings is 1. The summed E-state index contributed by atoms with van der Waals surface area (Å²) >= 11 is 0. The van der Waals surface area contributed by atoms with E-state index in [0.29, 0.717) is 37.3 Å². The number of nitrogens with one attached hydrogen (secondary N) is 2. The second-order valence-electron chi connectivity index (χ2n) is 11.2. The number of carbonyl (C=O) groups is 2. The van der Waals surface area contributed by atoms with E-state index < -0.39 is 0 Å². The highest BCUT2D eigenvalue weighted by Crippen LogP contribution is 2.24. The van der Waals surface area contributed by atoms with E-state index in [4.69, 9.17) is 5.73 Å². The summed E-state index contributed by atoms with van der Waals surface area (Å²) < 4.78 is 0. The van der Waals surface area contributed by atoms with Crippen LogP contribution < -0.4 is 21.3 Å². The van der Waals surface area contributed by atoms with Crippen LogP contribution in [0.5, 0.6) is 0 Å². The van der Waals surface area contributed by atoms with E-state index in [-0.39, 0.29) is 17.2 Å². The molecule has 39 heavy (non-hydrogen) atoms. The summed E-state index contributed by atoms with van der Waals surface area (Å²) in [4.78, 5) is 39.1. The summed E-state index contributed by atoms with van der Waals surface area (Å²) in [5, 5.41) is 6.07. The topological polar surface area (TPSA) is 116 Å². The van der Waals surface area contributed by atoms with Crippen molar-refractivity contribution in [3.05, 3.63) is 83.2 Å². The average Bonchev–Trinajstić information content (AvgIpc) is 2.93. The fraction of sp³-hybridized carbons (Fsp3) is 0.400. The molecule has 2 amide bonds. The molecule has 0 atom stereocenters. The Kier molecular flexibility index (Phi) is 9.27. The first-order valence-electron chi connectivity index (χ1n) is 13.4. The maximum absolute atomic E-state index is 13.0. The van der Waals surface area contributed by atoms with Crippen molar-refractivity contribution in [2.75, 3.05) is 36.4 Å². The number of aromatic nitrogens is 2. The van der Waals surface area contributed by atoms with Crippen molar-refractivity contribution in [2.45, 2.75) is 46.8 Å². The van der Waals surface area contributed by atoms with Gasteiger partial charge in [0, 0.05) is 75.9 Å². The van der Waals surface area contributed by atoms with Gasteiger partial charge in [-0.25, -0.2) is 9.97 Å². The Morgan fingerprint density at radius 3 is 2.26 bits per heavy atom. The first-order chi connectivity index (χ1) is 18.7. The second-order valence-corrected chi connectivity index (χ2v) is 11.2. The molecule has 3 aromatic rings. The molecular formula is C30H39N7O2. The van der Waals surface area contributed by atoms with Crippen LogP contribution in [0.15, 0.2) is 60.9 Å². The number of hydrogen-bond donors (Lipinski definition) is 3. The number of anilines is 2. The van der Waals surface area contributed by atoms with Crippen LogP contribution in [0.2, 0.25) is 0 Å². The summed E-state index contributed by atoms with van der Waals surface area (Å²) in [6.07, 6.45) is 3.91. The Balaban J connectivity index is 1.44. The smallest absolute Gasteiger partial charge is 0.251 e. The standard InChI is InChI=1S/C30H39N7O2/c1-30(2,3)18-27(38)35-26-17-24(28(39)34-20-23-7-5-22(19-31)6-8-23)9-10-25(26)21-36-13-15-37(16-14-36)29-32-11-4-12-33-29/h4-12,17H,13-16,18-21,31H2,1-3H3,(H,34,39)(H,35,38). The lowest BCUT2D eigenvalue weighted by atomic mass is 9.92. The largest absolute Gasteiger partial charge is 0.348 e. The van der Waals surface area contributed by atoms with Crippen molar-refractivity contribution in [2.24, 2.45) is 11.1 Å². The summed E-state index contributed by atoms with van der Waals surface area (Å²) in [7, 11) is 0. The molecule has 206 valence electrons. The van der Waals surface area contributed by atoms with Crippen molar-refractivity contribution in [1.82, 2.24) is 20.2 Å². The average molecular weight is 530 g/mol. The third-order valence-corrected chi connectivity index (χ3v) is 6.65. The molecule has 2 heterocycles. The molecule has 4 rings (SSSR count). The molecule has 0 aliphatic carbocycles. The lowest BCUT2D eigenvalue weighted by Crippen LogP contribution is -2.46. The first kappa shape index (κ1) is 28.2. The Labute approximate surface area is 230 Å². The van der Waals surface area contributed by atoms with E-state index in [1.807, 2.05) is 63.2 Å². The molecule has 0 spiro atoms. The zero-order valence-corrected chi connectivity index (χ0v) is 23.1. The normalized spacial score (nSPS) is 14.2. The molecule has 1 fully saturated rings. The van der Waals surface area contributed by atoms with Crippen LogP contribution in [0.1, 0.15) is 54.2 Å². The van der Waals surface area contributed by atoms with Crippen molar-refractivity contribution in [3.8, 4) is 0 Å². The van der Waals surface area contributed by atoms with E-state index in [1.165, 1.54) is 0 Å². The first-order valence-corrected chi connectivity index (χ1v) is 13.4. The molecule has 0 unspecified atom stereocenters. The van der Waals surface area contributed by atoms with Crippen molar-refractivity contribution in [1.29, 1.82) is 0 Å². The highest BCUT2D eigenvalue weighted by atomic mass is 16.2. The molecule has 0 bridgehead atoms. The highest BCUT2D eigenvalue weighted by molar-refractivity contribution is 5.97. The zero-order valence-electron chi connectivity index (χ0n) is 23.1. The third-order valence-electron chi connectivity index (χ3n) is 6.65. The van der Waals surface area contributed by atoms with Gasteiger partial charge >= 0.3 is 0 Å². The predicted molar refractivity (Wildman–Crippen MR) is 154 cm³/mol. The van der Waals surface area contributed by atoms with Crippen LogP contribution in [0.25, 0.3) is 0 Å². The number of nitrogens with two attached hydrogens (primary N) is 1. The van der Waals surface area contributed by atoms with E-state index >= 15 is 0 Å². The fourth-order valence-electron chi connectivity index (χ4n) is 4.53. The van der Waals surface area contributed by atoms with Crippen LogP contribution >= 0.6 is 0 Å². The summed E-state index contributed by atoms with van der Waals surface area (Å²) in [5.41, 5.74) is 9.74. The molecular weight excluding hydrogens is 490 g/mol. The van der Waals surface area contributed by atoms with Crippen LogP contribution in [-0.4, -0.2) is 52.9 Å². The molecule has 1 aliphatic rings. The van der Waals surface area contributed by atoms with Crippen LogP contribution in [-0.2, 0) is 24.4 Å². The van der Waals surface area contributed by atoms with Crippen LogP contribution in [0.3, 0.4) is 0 Å². The van der Waals surface area contributed by atoms with Gasteiger partial charge < -0.3 is 21.3 Å². The minimum Gasteiger partial charge on any atom is -0.348 e. The van der Waals surface area contributed by atoms with Crippen LogP contribution in [0.4, 0.5) is 11.6 Å². The van der Waals surface area contributed by atoms with Gasteiger partial charge in [0.1, 0.15) is 0 Å². The maximum atomic E-state index is 13.0. The number of hydrogen-bond acceptors (Lipinski definition) is 7. The Morgan fingerprint density at radius 1 is 0.949 bits per heavy atom. The molecule has 0 radical (unpaired) electrons. The van der Waals surface area contributed by atoms with Gasteiger partial charge in [0.2, 0.25) is 11.9 Å². The lowest BCUT2D eigenvalue weighted by Gasteiger charge is -2.35. The van der Waals surface area contributed by atoms with Gasteiger partial charge in [-0.3, -0.25) is 14.5 Å². The number of benzene rings is 2. The predicted octanol–water partition coefficient (Wildman–Crippen LogP) is 3.56. The molecule has 1 aliphatic heterocycles. The van der Waals surface area contributed by atoms with Gasteiger partial charge in [0.25, 0.3) is 5.91 Å². The third kappa shape index (κ3) is 8.33. The van der Waals surface area contributed by atoms with E-state index in [2.05, 4.69) is 30.4 Å². The van der Waals surface area contributed by atoms with Crippen molar-refractivity contribution in [3.63, 3.8) is 0 Å². The Hall–Kier alpha value is -3.82. The van der Waals surface area contributed by atoms with Gasteiger partial charge in [-0.05, 0) is 40.3 Å². The maximum Gasteiger partial charge on any atom is 0.251 e. The minimum atomic E-state index is -0.188. The van der Waals surface area contributed by atoms with Gasteiger partial charge in [0.05, 0.1) is 0 Å². The van der Waals surface area contributed by atoms with E-state index in [0.717, 1.165) is 48.8 Å². The lowest BCUT2D eigenvalue weighted by molar-refractivity contribution is -0.117. The molecule has 9 heteroatoms. The summed E-state index contributed by atoms with van der Waals surface area (Å²) in [6.45, 7) is 11.0. The quantitative estimate of drug-likeness (QED) is 0.388. The monoisotopic (exact) mass is 529 g/mol. The number of amides is 2. The van der Waals surface area contributed by atoms with E-state index in [9.17, 15) is 9.59 Å². The molecule has 4 N–H and O–H groups in total. The second kappa shape index (κ2) is 12.8. The number of rotatable bonds is 9. The SMILES string of the molecule is CC(C)(C)CC(=O)Nc1cc(C(=O)NCc2ccc(CN)cc2)ccc1CN1CCN(c2ncccn2)CC1. The van der Waals surface area contributed by atoms with Gasteiger partial charge in [0.15, 0.2) is 0 Å². The number of carbonyl (C=O) groups excluding carboxylic acids is 2. The molecule has 1 saturated heterocycles. The molecule has 0 saturated carbocycles. The van der Waals surface area contributed by atoms with Crippen molar-refractivity contribution >= 4 is 23.5 Å². The highest BCUT2D eigenvalue weighted by Gasteiger charge is 2.22. The zero-order chi connectivity index (χ0) is 27.8. The fourth-order valence-corrected chi connectivity index (χ4v) is 4.53. The molecule has 2 aromatic carbocycles. The van der Waals surface area contributed by atoms with Gasteiger partial charge in [-0.15, -0.1) is 0 Å². The Bertz CT molecular complexity index is 1250. The summed E-state index contributed by atoms with van der Waals surface area (Å²) in [5.74, 6) is 0.498. The number of nitrogens with zero attached hydrogens (tertiary/aromatic N) is 4. The molecule has 9 nitrogen and oxygen atoms in total. The molecule has 1 aromatic heterocycles. The minimum absolute atomic E-state index is 0.0626. The van der Waals surface area contributed by atoms with Crippen LogP contribution in [0, 0.1) is 5.41 Å². The Morgan fingerprint density at radius 2 is 1.62 bits per heavy atom. The van der Waals surface area contributed by atoms with Crippen molar-refractivity contribution < 1.29 is 9.59 Å². The van der Waals surface area contributed by atoms with Gasteiger partial charge in [-0.2, -0.15) is 0 Å². The summed E-state index contributed by atoms with van der Waals surface area (Å²) in [6, 6.07) is 15.2. The van der Waals surface area contributed by atoms with E-state index in [1.54, 1.807) is 18.5 Å².